The highest BCUT2D eigenvalue weighted by Gasteiger charge is 2.16. The highest BCUT2D eigenvalue weighted by molar-refractivity contribution is 7.99. The summed E-state index contributed by atoms with van der Waals surface area (Å²) < 4.78 is 0. The molecule has 1 fully saturated rings. The van der Waals surface area contributed by atoms with Crippen molar-refractivity contribution >= 4 is 23.4 Å². The van der Waals surface area contributed by atoms with Gasteiger partial charge in [0.25, 0.3) is 0 Å². The van der Waals surface area contributed by atoms with Crippen molar-refractivity contribution in [2.45, 2.75) is 12.5 Å². The summed E-state index contributed by atoms with van der Waals surface area (Å²) in [4.78, 5) is 2.33. The van der Waals surface area contributed by atoms with Gasteiger partial charge in [0, 0.05) is 29.4 Å². The molecule has 0 aliphatic carbocycles. The molecular weight excluding hydrogens is 254 g/mol. The van der Waals surface area contributed by atoms with E-state index in [1.54, 1.807) is 0 Å². The fraction of sp³-hybridized carbons (Fsp3) is 0.538. The van der Waals surface area contributed by atoms with Crippen molar-refractivity contribution in [3.63, 3.8) is 0 Å². The number of halogens is 1. The van der Waals surface area contributed by atoms with Gasteiger partial charge in [0.05, 0.1) is 6.10 Å². The second kappa shape index (κ2) is 6.64. The van der Waals surface area contributed by atoms with Crippen molar-refractivity contribution in [3.05, 3.63) is 34.9 Å². The number of hydrogen-bond donors (Lipinski definition) is 1. The van der Waals surface area contributed by atoms with Crippen molar-refractivity contribution in [1.82, 2.24) is 4.90 Å². The quantitative estimate of drug-likeness (QED) is 0.915. The lowest BCUT2D eigenvalue weighted by molar-refractivity contribution is 0.117. The number of benzene rings is 1. The molecule has 94 valence electrons. The number of aliphatic hydroxyl groups is 1. The minimum atomic E-state index is -0.480. The van der Waals surface area contributed by atoms with E-state index >= 15 is 0 Å². The van der Waals surface area contributed by atoms with Crippen molar-refractivity contribution in [1.29, 1.82) is 0 Å². The Balaban J connectivity index is 1.96. The Labute approximate surface area is 112 Å². The normalized spacial score (nSPS) is 19.9. The molecule has 0 radical (unpaired) electrons. The van der Waals surface area contributed by atoms with E-state index < -0.39 is 6.10 Å². The maximum atomic E-state index is 10.2. The lowest BCUT2D eigenvalue weighted by Gasteiger charge is -2.23. The van der Waals surface area contributed by atoms with Gasteiger partial charge in [0.2, 0.25) is 0 Å². The molecule has 1 aromatic rings. The van der Waals surface area contributed by atoms with E-state index in [1.165, 1.54) is 12.2 Å². The van der Waals surface area contributed by atoms with Crippen LogP contribution in [0, 0.1) is 0 Å². The first kappa shape index (κ1) is 13.2. The maximum absolute atomic E-state index is 10.2. The van der Waals surface area contributed by atoms with Crippen molar-refractivity contribution in [3.8, 4) is 0 Å². The van der Waals surface area contributed by atoms with Crippen LogP contribution in [0.2, 0.25) is 5.02 Å². The van der Waals surface area contributed by atoms with Gasteiger partial charge >= 0.3 is 0 Å². The van der Waals surface area contributed by atoms with E-state index in [4.69, 9.17) is 11.6 Å². The second-order valence-electron chi connectivity index (χ2n) is 4.30. The van der Waals surface area contributed by atoms with Gasteiger partial charge < -0.3 is 5.11 Å². The van der Waals surface area contributed by atoms with E-state index in [0.717, 1.165) is 24.4 Å². The van der Waals surface area contributed by atoms with E-state index in [9.17, 15) is 5.11 Å². The first-order valence-electron chi connectivity index (χ1n) is 6.00. The molecule has 4 heteroatoms. The van der Waals surface area contributed by atoms with Crippen molar-refractivity contribution in [2.24, 2.45) is 0 Å². The van der Waals surface area contributed by atoms with E-state index in [1.807, 2.05) is 36.0 Å². The summed E-state index contributed by atoms with van der Waals surface area (Å²) in [6.45, 7) is 2.82. The first-order chi connectivity index (χ1) is 8.27. The molecule has 1 aliphatic rings. The molecule has 1 heterocycles. The molecule has 17 heavy (non-hydrogen) atoms. The topological polar surface area (TPSA) is 23.5 Å². The zero-order chi connectivity index (χ0) is 12.1. The molecule has 2 rings (SSSR count). The highest BCUT2D eigenvalue weighted by Crippen LogP contribution is 2.23. The smallest absolute Gasteiger partial charge is 0.0931 e. The summed E-state index contributed by atoms with van der Waals surface area (Å²) in [7, 11) is 0. The van der Waals surface area contributed by atoms with Crippen LogP contribution in [0.3, 0.4) is 0 Å². The van der Waals surface area contributed by atoms with Crippen LogP contribution in [-0.2, 0) is 0 Å². The average Bonchev–Trinajstić information content (AvgIpc) is 2.58. The number of thioether (sulfide) groups is 1. The third-order valence-corrected chi connectivity index (χ3v) is 4.40. The zero-order valence-corrected chi connectivity index (χ0v) is 11.4. The summed E-state index contributed by atoms with van der Waals surface area (Å²) in [6, 6.07) is 7.54. The molecule has 0 bridgehead atoms. The molecule has 2 nitrogen and oxygen atoms in total. The third kappa shape index (κ3) is 3.88. The van der Waals surface area contributed by atoms with E-state index in [2.05, 4.69) is 4.90 Å². The Morgan fingerprint density at radius 1 is 1.29 bits per heavy atom. The zero-order valence-electron chi connectivity index (χ0n) is 9.81. The van der Waals surface area contributed by atoms with Gasteiger partial charge in [-0.2, -0.15) is 11.8 Å². The van der Waals surface area contributed by atoms with Crippen molar-refractivity contribution in [2.75, 3.05) is 31.1 Å². The largest absolute Gasteiger partial charge is 0.387 e. The minimum Gasteiger partial charge on any atom is -0.387 e. The van der Waals surface area contributed by atoms with Crippen LogP contribution in [0.5, 0.6) is 0 Å². The molecule has 1 saturated heterocycles. The van der Waals surface area contributed by atoms with E-state index in [0.29, 0.717) is 11.6 Å². The van der Waals surface area contributed by atoms with Crippen LogP contribution < -0.4 is 0 Å². The summed E-state index contributed by atoms with van der Waals surface area (Å²) in [5.74, 6) is 2.40. The fourth-order valence-electron chi connectivity index (χ4n) is 2.07. The van der Waals surface area contributed by atoms with Crippen molar-refractivity contribution < 1.29 is 5.11 Å². The maximum Gasteiger partial charge on any atom is 0.0931 e. The van der Waals surface area contributed by atoms with Crippen LogP contribution in [0.1, 0.15) is 18.1 Å². The molecule has 0 saturated carbocycles. The Bertz CT molecular complexity index is 353. The highest BCUT2D eigenvalue weighted by atomic mass is 35.5. The van der Waals surface area contributed by atoms with Gasteiger partial charge in [0.1, 0.15) is 0 Å². The van der Waals surface area contributed by atoms with Gasteiger partial charge in [-0.25, -0.2) is 0 Å². The molecule has 0 spiro atoms. The minimum absolute atomic E-state index is 0.480. The first-order valence-corrected chi connectivity index (χ1v) is 7.53. The fourth-order valence-corrected chi connectivity index (χ4v) is 3.25. The van der Waals surface area contributed by atoms with Crippen LogP contribution in [-0.4, -0.2) is 41.1 Å². The molecule has 0 amide bonds. The van der Waals surface area contributed by atoms with E-state index in [-0.39, 0.29) is 0 Å². The molecule has 0 aromatic heterocycles. The summed E-state index contributed by atoms with van der Waals surface area (Å²) >= 11 is 8.08. The molecule has 1 aliphatic heterocycles. The molecule has 1 unspecified atom stereocenters. The van der Waals surface area contributed by atoms with Crippen LogP contribution in [0.15, 0.2) is 24.3 Å². The molecule has 1 atom stereocenters. The molecule has 1 N–H and O–H groups in total. The van der Waals surface area contributed by atoms with Gasteiger partial charge in [-0.3, -0.25) is 4.90 Å². The average molecular weight is 272 g/mol. The van der Waals surface area contributed by atoms with Crippen LogP contribution >= 0.6 is 23.4 Å². The third-order valence-electron chi connectivity index (χ3n) is 3.01. The Kier molecular flexibility index (Phi) is 5.16. The predicted molar refractivity (Wildman–Crippen MR) is 74.8 cm³/mol. The van der Waals surface area contributed by atoms with Crippen LogP contribution in [0.25, 0.3) is 0 Å². The standard InChI is InChI=1S/C13H18ClNOS/c14-12-5-2-1-4-11(12)13(16)10-15-6-3-8-17-9-7-15/h1-2,4-5,13,16H,3,6-10H2. The number of nitrogens with zero attached hydrogens (tertiary/aromatic N) is 1. The Hall–Kier alpha value is -0.220. The number of β-amino-alcohol motifs (C(OH)–C–C–N with tert-alkyl or cyclic N) is 1. The second-order valence-corrected chi connectivity index (χ2v) is 5.94. The molecule has 1 aromatic carbocycles. The number of rotatable bonds is 3. The summed E-state index contributed by atoms with van der Waals surface area (Å²) in [5.41, 5.74) is 0.839. The number of aliphatic hydroxyl groups excluding tert-OH is 1. The van der Waals surface area contributed by atoms with Gasteiger partial charge in [-0.05, 0) is 24.8 Å². The predicted octanol–water partition coefficient (Wildman–Crippen LogP) is 2.81. The summed E-state index contributed by atoms with van der Waals surface area (Å²) in [6.07, 6.45) is 0.728. The SMILES string of the molecule is OC(CN1CCCSCC1)c1ccccc1Cl. The lowest BCUT2D eigenvalue weighted by Crippen LogP contribution is -2.30. The molecular formula is C13H18ClNOS. The Morgan fingerprint density at radius 3 is 2.94 bits per heavy atom. The summed E-state index contributed by atoms with van der Waals surface area (Å²) in [5, 5.41) is 10.9. The Morgan fingerprint density at radius 2 is 2.12 bits per heavy atom. The lowest BCUT2D eigenvalue weighted by atomic mass is 10.1. The van der Waals surface area contributed by atoms with Gasteiger partial charge in [-0.15, -0.1) is 0 Å². The monoisotopic (exact) mass is 271 g/mol. The van der Waals surface area contributed by atoms with Crippen LogP contribution in [0.4, 0.5) is 0 Å². The van der Waals surface area contributed by atoms with Gasteiger partial charge in [0.15, 0.2) is 0 Å². The number of hydrogen-bond acceptors (Lipinski definition) is 3. The van der Waals surface area contributed by atoms with Gasteiger partial charge in [-0.1, -0.05) is 29.8 Å².